The minimum Gasteiger partial charge on any atom is -0.354 e. The molecule has 0 saturated heterocycles. The van der Waals surface area contributed by atoms with Gasteiger partial charge in [-0.15, -0.1) is 0 Å². The van der Waals surface area contributed by atoms with Crippen LogP contribution in [0.15, 0.2) is 84.9 Å². The summed E-state index contributed by atoms with van der Waals surface area (Å²) in [6, 6.07) is 27.0. The Morgan fingerprint density at radius 1 is 0.889 bits per heavy atom. The van der Waals surface area contributed by atoms with Gasteiger partial charge in [-0.1, -0.05) is 104 Å². The van der Waals surface area contributed by atoms with Gasteiger partial charge in [0, 0.05) is 42.5 Å². The first-order chi connectivity index (χ1) is 17.4. The Kier molecular flexibility index (Phi) is 11.4. The highest BCUT2D eigenvalue weighted by molar-refractivity contribution is 7.98. The second-order valence-corrected chi connectivity index (χ2v) is 10.8. The van der Waals surface area contributed by atoms with E-state index in [9.17, 15) is 9.59 Å². The van der Waals surface area contributed by atoms with Crippen LogP contribution >= 0.6 is 23.4 Å². The highest BCUT2D eigenvalue weighted by Crippen LogP contribution is 2.22. The summed E-state index contributed by atoms with van der Waals surface area (Å²) in [7, 11) is 0. The van der Waals surface area contributed by atoms with Crippen LogP contribution in [-0.4, -0.2) is 35.1 Å². The van der Waals surface area contributed by atoms with Crippen LogP contribution in [0.1, 0.15) is 37.0 Å². The maximum atomic E-state index is 13.6. The van der Waals surface area contributed by atoms with Crippen LogP contribution in [0.2, 0.25) is 5.02 Å². The van der Waals surface area contributed by atoms with Crippen molar-refractivity contribution < 1.29 is 9.59 Å². The highest BCUT2D eigenvalue weighted by atomic mass is 35.5. The van der Waals surface area contributed by atoms with Crippen LogP contribution in [0, 0.1) is 5.92 Å². The first kappa shape index (κ1) is 27.8. The summed E-state index contributed by atoms with van der Waals surface area (Å²) in [6.45, 7) is 4.96. The molecule has 3 aromatic carbocycles. The van der Waals surface area contributed by atoms with Gasteiger partial charge in [-0.25, -0.2) is 0 Å². The third-order valence-corrected chi connectivity index (χ3v) is 7.22. The normalized spacial score (nSPS) is 11.8. The van der Waals surface area contributed by atoms with Crippen LogP contribution in [0.5, 0.6) is 0 Å². The van der Waals surface area contributed by atoms with Crippen molar-refractivity contribution in [1.82, 2.24) is 10.2 Å². The van der Waals surface area contributed by atoms with E-state index in [1.807, 2.05) is 72.8 Å². The summed E-state index contributed by atoms with van der Waals surface area (Å²) in [6.07, 6.45) is 0.794. The molecule has 3 aromatic rings. The number of thioether (sulfide) groups is 1. The van der Waals surface area contributed by atoms with Crippen molar-refractivity contribution >= 4 is 35.2 Å². The molecule has 36 heavy (non-hydrogen) atoms. The quantitative estimate of drug-likeness (QED) is 0.265. The molecular formula is C30H35ClN2O2S. The molecule has 4 nitrogen and oxygen atoms in total. The molecule has 190 valence electrons. The van der Waals surface area contributed by atoms with Gasteiger partial charge >= 0.3 is 0 Å². The van der Waals surface area contributed by atoms with Crippen LogP contribution in [0.3, 0.4) is 0 Å². The second kappa shape index (κ2) is 14.7. The van der Waals surface area contributed by atoms with Crippen LogP contribution in [0.25, 0.3) is 0 Å². The number of hydrogen-bond acceptors (Lipinski definition) is 3. The molecule has 3 rings (SSSR count). The molecule has 0 aliphatic heterocycles. The lowest BCUT2D eigenvalue weighted by Gasteiger charge is -2.32. The van der Waals surface area contributed by atoms with E-state index in [-0.39, 0.29) is 18.4 Å². The average Bonchev–Trinajstić information content (AvgIpc) is 2.89. The molecule has 0 bridgehead atoms. The lowest BCUT2D eigenvalue weighted by atomic mass is 10.0. The molecule has 0 radical (unpaired) electrons. The Hall–Kier alpha value is -2.76. The first-order valence-electron chi connectivity index (χ1n) is 12.4. The van der Waals surface area contributed by atoms with Gasteiger partial charge in [0.1, 0.15) is 6.04 Å². The van der Waals surface area contributed by atoms with Crippen molar-refractivity contribution in [3.05, 3.63) is 107 Å². The summed E-state index contributed by atoms with van der Waals surface area (Å²) < 4.78 is 0. The van der Waals surface area contributed by atoms with Crippen molar-refractivity contribution in [3.63, 3.8) is 0 Å². The molecule has 1 N–H and O–H groups in total. The smallest absolute Gasteiger partial charge is 0.243 e. The number of carbonyl (C=O) groups excluding carboxylic acids is 2. The topological polar surface area (TPSA) is 49.4 Å². The lowest BCUT2D eigenvalue weighted by molar-refractivity contribution is -0.141. The Labute approximate surface area is 224 Å². The summed E-state index contributed by atoms with van der Waals surface area (Å²) in [5.74, 6) is 1.66. The van der Waals surface area contributed by atoms with E-state index in [1.54, 1.807) is 16.7 Å². The Balaban J connectivity index is 1.80. The fourth-order valence-corrected chi connectivity index (χ4v) is 4.94. The summed E-state index contributed by atoms with van der Waals surface area (Å²) in [5, 5.41) is 3.65. The van der Waals surface area contributed by atoms with Gasteiger partial charge in [0.2, 0.25) is 11.8 Å². The Morgan fingerprint density at radius 3 is 2.14 bits per heavy atom. The maximum Gasteiger partial charge on any atom is 0.243 e. The van der Waals surface area contributed by atoms with Crippen LogP contribution in [0.4, 0.5) is 0 Å². The molecule has 2 amide bonds. The van der Waals surface area contributed by atoms with Crippen molar-refractivity contribution in [2.45, 2.75) is 45.0 Å². The Morgan fingerprint density at radius 2 is 1.50 bits per heavy atom. The molecule has 0 aromatic heterocycles. The number of nitrogens with zero attached hydrogens (tertiary/aromatic N) is 1. The van der Waals surface area contributed by atoms with Crippen LogP contribution in [-0.2, 0) is 28.3 Å². The van der Waals surface area contributed by atoms with E-state index in [0.717, 1.165) is 16.9 Å². The van der Waals surface area contributed by atoms with Crippen molar-refractivity contribution in [3.8, 4) is 0 Å². The zero-order valence-electron chi connectivity index (χ0n) is 21.0. The molecule has 6 heteroatoms. The predicted molar refractivity (Wildman–Crippen MR) is 151 cm³/mol. The molecular weight excluding hydrogens is 488 g/mol. The first-order valence-corrected chi connectivity index (χ1v) is 13.9. The number of amides is 2. The van der Waals surface area contributed by atoms with E-state index in [2.05, 4.69) is 31.3 Å². The number of halogens is 1. The summed E-state index contributed by atoms with van der Waals surface area (Å²) in [5.41, 5.74) is 3.08. The van der Waals surface area contributed by atoms with E-state index >= 15 is 0 Å². The zero-order valence-corrected chi connectivity index (χ0v) is 22.6. The SMILES string of the molecule is CC(C)CNC(=O)[C@H](Cc1ccccc1)N(Cc1ccccc1Cl)C(=O)CCSCc1ccccc1. The van der Waals surface area contributed by atoms with E-state index in [0.29, 0.717) is 36.1 Å². The largest absolute Gasteiger partial charge is 0.354 e. The molecule has 0 aliphatic carbocycles. The minimum atomic E-state index is -0.631. The number of benzene rings is 3. The fraction of sp³-hybridized carbons (Fsp3) is 0.333. The Bertz CT molecular complexity index is 1090. The molecule has 0 aliphatic rings. The average molecular weight is 523 g/mol. The maximum absolute atomic E-state index is 13.6. The number of hydrogen-bond donors (Lipinski definition) is 1. The summed E-state index contributed by atoms with van der Waals surface area (Å²) >= 11 is 8.20. The van der Waals surface area contributed by atoms with Crippen molar-refractivity contribution in [2.24, 2.45) is 5.92 Å². The highest BCUT2D eigenvalue weighted by Gasteiger charge is 2.30. The lowest BCUT2D eigenvalue weighted by Crippen LogP contribution is -2.51. The minimum absolute atomic E-state index is 0.0453. The van der Waals surface area contributed by atoms with Gasteiger partial charge in [0.15, 0.2) is 0 Å². The molecule has 1 atom stereocenters. The number of nitrogens with one attached hydrogen (secondary N) is 1. The van der Waals surface area contributed by atoms with E-state index in [1.165, 1.54) is 5.56 Å². The van der Waals surface area contributed by atoms with Gasteiger partial charge in [-0.3, -0.25) is 9.59 Å². The zero-order chi connectivity index (χ0) is 25.8. The van der Waals surface area contributed by atoms with Gasteiger partial charge in [-0.2, -0.15) is 11.8 Å². The molecule has 0 saturated carbocycles. The second-order valence-electron chi connectivity index (χ2n) is 9.25. The number of carbonyl (C=O) groups is 2. The van der Waals surface area contributed by atoms with Gasteiger partial charge in [0.25, 0.3) is 0 Å². The molecule has 0 heterocycles. The molecule has 0 fully saturated rings. The molecule has 0 spiro atoms. The van der Waals surface area contributed by atoms with Gasteiger partial charge in [0.05, 0.1) is 0 Å². The fourth-order valence-electron chi connectivity index (χ4n) is 3.85. The molecule has 0 unspecified atom stereocenters. The van der Waals surface area contributed by atoms with Gasteiger partial charge in [-0.05, 0) is 28.7 Å². The third kappa shape index (κ3) is 9.03. The third-order valence-electron chi connectivity index (χ3n) is 5.83. The van der Waals surface area contributed by atoms with E-state index in [4.69, 9.17) is 11.6 Å². The predicted octanol–water partition coefficient (Wildman–Crippen LogP) is 6.38. The van der Waals surface area contributed by atoms with Crippen molar-refractivity contribution in [2.75, 3.05) is 12.3 Å². The van der Waals surface area contributed by atoms with Gasteiger partial charge < -0.3 is 10.2 Å². The van der Waals surface area contributed by atoms with Crippen LogP contribution < -0.4 is 5.32 Å². The van der Waals surface area contributed by atoms with Crippen molar-refractivity contribution in [1.29, 1.82) is 0 Å². The number of rotatable bonds is 13. The monoisotopic (exact) mass is 522 g/mol. The summed E-state index contributed by atoms with van der Waals surface area (Å²) in [4.78, 5) is 28.8. The van der Waals surface area contributed by atoms with E-state index < -0.39 is 6.04 Å². The standard InChI is InChI=1S/C30H35ClN2O2S/c1-23(2)20-32-30(35)28(19-24-11-5-3-6-12-24)33(21-26-15-9-10-16-27(26)31)29(34)17-18-36-22-25-13-7-4-8-14-25/h3-16,23,28H,17-22H2,1-2H3,(H,32,35)/t28-/m0/s1.